The van der Waals surface area contributed by atoms with Gasteiger partial charge in [-0.3, -0.25) is 9.59 Å². The van der Waals surface area contributed by atoms with Gasteiger partial charge in [-0.15, -0.1) is 0 Å². The standard InChI is InChI=1S/C30H27NO6/c1-18-16-23-17-22(12-13-24(23)37-18)27(32)25-26(20-8-10-21(11-9-20)30(35)36-2)31(29(34)28(25)33)15-14-19-6-4-3-5-7-19/h3-13,17-18,26,32H,14-16H2,1-2H3/t18-,26-/m0/s1. The third kappa shape index (κ3) is 4.60. The number of Topliss-reactive ketones (excluding diaryl/α,β-unsaturated/α-hetero) is 1. The van der Waals surface area contributed by atoms with Crippen LogP contribution in [0.3, 0.4) is 0 Å². The summed E-state index contributed by atoms with van der Waals surface area (Å²) in [6.45, 7) is 2.25. The number of amides is 1. The van der Waals surface area contributed by atoms with Gasteiger partial charge in [-0.1, -0.05) is 42.5 Å². The molecule has 1 fully saturated rings. The first-order valence-electron chi connectivity index (χ1n) is 12.2. The van der Waals surface area contributed by atoms with Crippen molar-refractivity contribution >= 4 is 23.4 Å². The van der Waals surface area contributed by atoms with E-state index >= 15 is 0 Å². The van der Waals surface area contributed by atoms with E-state index in [4.69, 9.17) is 9.47 Å². The predicted octanol–water partition coefficient (Wildman–Crippen LogP) is 4.46. The molecule has 0 saturated carbocycles. The van der Waals surface area contributed by atoms with Gasteiger partial charge in [-0.05, 0) is 60.4 Å². The van der Waals surface area contributed by atoms with Crippen LogP contribution in [0.2, 0.25) is 0 Å². The average Bonchev–Trinajstić information content (AvgIpc) is 3.42. The lowest BCUT2D eigenvalue weighted by atomic mass is 9.93. The molecule has 1 amide bonds. The highest BCUT2D eigenvalue weighted by Crippen LogP contribution is 2.40. The highest BCUT2D eigenvalue weighted by molar-refractivity contribution is 6.46. The number of esters is 1. The molecule has 0 aromatic heterocycles. The van der Waals surface area contributed by atoms with E-state index in [1.165, 1.54) is 12.0 Å². The van der Waals surface area contributed by atoms with Gasteiger partial charge >= 0.3 is 5.97 Å². The predicted molar refractivity (Wildman–Crippen MR) is 137 cm³/mol. The topological polar surface area (TPSA) is 93.1 Å². The fraction of sp³-hybridized carbons (Fsp3) is 0.233. The van der Waals surface area contributed by atoms with Gasteiger partial charge in [0.05, 0.1) is 24.3 Å². The van der Waals surface area contributed by atoms with Crippen molar-refractivity contribution < 1.29 is 29.0 Å². The Labute approximate surface area is 214 Å². The maximum absolute atomic E-state index is 13.3. The lowest BCUT2D eigenvalue weighted by Gasteiger charge is -2.25. The molecule has 7 heteroatoms. The molecule has 0 bridgehead atoms. The average molecular weight is 498 g/mol. The fourth-order valence-electron chi connectivity index (χ4n) is 5.00. The quantitative estimate of drug-likeness (QED) is 0.234. The summed E-state index contributed by atoms with van der Waals surface area (Å²) in [6.07, 6.45) is 1.27. The molecule has 2 heterocycles. The number of nitrogens with zero attached hydrogens (tertiary/aromatic N) is 1. The lowest BCUT2D eigenvalue weighted by molar-refractivity contribution is -0.139. The number of hydrogen-bond donors (Lipinski definition) is 1. The van der Waals surface area contributed by atoms with E-state index in [-0.39, 0.29) is 24.0 Å². The highest BCUT2D eigenvalue weighted by Gasteiger charge is 2.46. The number of carbonyl (C=O) groups excluding carboxylic acids is 3. The first-order chi connectivity index (χ1) is 17.9. The van der Waals surface area contributed by atoms with Crippen molar-refractivity contribution in [3.63, 3.8) is 0 Å². The Morgan fingerprint density at radius 2 is 1.73 bits per heavy atom. The molecule has 2 atom stereocenters. The molecular formula is C30H27NO6. The molecule has 188 valence electrons. The SMILES string of the molecule is COC(=O)c1ccc([C@H]2C(=C(O)c3ccc4c(c3)C[C@H](C)O4)C(=O)C(=O)N2CCc2ccccc2)cc1. The van der Waals surface area contributed by atoms with Crippen LogP contribution in [-0.2, 0) is 27.2 Å². The number of aliphatic hydroxyl groups excluding tert-OH is 1. The van der Waals surface area contributed by atoms with Gasteiger partial charge in [0, 0.05) is 18.5 Å². The van der Waals surface area contributed by atoms with Gasteiger partial charge in [-0.2, -0.15) is 0 Å². The van der Waals surface area contributed by atoms with E-state index in [2.05, 4.69) is 0 Å². The Hall–Kier alpha value is -4.39. The number of carbonyl (C=O) groups is 3. The summed E-state index contributed by atoms with van der Waals surface area (Å²) in [6, 6.07) is 20.7. The zero-order valence-corrected chi connectivity index (χ0v) is 20.6. The van der Waals surface area contributed by atoms with Crippen molar-refractivity contribution in [3.8, 4) is 5.75 Å². The fourth-order valence-corrected chi connectivity index (χ4v) is 5.00. The maximum atomic E-state index is 13.3. The van der Waals surface area contributed by atoms with E-state index in [0.717, 1.165) is 16.9 Å². The minimum atomic E-state index is -0.807. The molecule has 5 rings (SSSR count). The Balaban J connectivity index is 1.57. The van der Waals surface area contributed by atoms with Crippen LogP contribution in [0.1, 0.15) is 45.6 Å². The minimum Gasteiger partial charge on any atom is -0.507 e. The number of aliphatic hydroxyl groups is 1. The number of hydrogen-bond acceptors (Lipinski definition) is 6. The monoisotopic (exact) mass is 497 g/mol. The summed E-state index contributed by atoms with van der Waals surface area (Å²) in [7, 11) is 1.30. The molecule has 1 saturated heterocycles. The van der Waals surface area contributed by atoms with E-state index < -0.39 is 23.7 Å². The molecule has 2 aliphatic heterocycles. The van der Waals surface area contributed by atoms with E-state index in [1.807, 2.05) is 43.3 Å². The number of rotatable bonds is 6. The largest absolute Gasteiger partial charge is 0.507 e. The van der Waals surface area contributed by atoms with Crippen LogP contribution < -0.4 is 4.74 Å². The van der Waals surface area contributed by atoms with Gasteiger partial charge in [0.25, 0.3) is 11.7 Å². The van der Waals surface area contributed by atoms with Crippen LogP contribution in [-0.4, -0.2) is 47.4 Å². The summed E-state index contributed by atoms with van der Waals surface area (Å²) in [5, 5.41) is 11.4. The van der Waals surface area contributed by atoms with Crippen molar-refractivity contribution in [3.05, 3.63) is 106 Å². The summed E-state index contributed by atoms with van der Waals surface area (Å²) in [5.74, 6) is -1.37. The number of fused-ring (bicyclic) bond motifs is 1. The van der Waals surface area contributed by atoms with Crippen molar-refractivity contribution in [1.82, 2.24) is 4.90 Å². The molecule has 3 aromatic carbocycles. The van der Waals surface area contributed by atoms with Crippen LogP contribution in [0.15, 0.2) is 78.4 Å². The maximum Gasteiger partial charge on any atom is 0.337 e. The second kappa shape index (κ2) is 9.93. The Morgan fingerprint density at radius 1 is 1.03 bits per heavy atom. The Bertz CT molecular complexity index is 1390. The molecule has 0 spiro atoms. The van der Waals surface area contributed by atoms with Crippen LogP contribution in [0.4, 0.5) is 0 Å². The number of benzene rings is 3. The Kier molecular flexibility index (Phi) is 6.53. The summed E-state index contributed by atoms with van der Waals surface area (Å²) in [5.41, 5.74) is 3.40. The summed E-state index contributed by atoms with van der Waals surface area (Å²) < 4.78 is 10.6. The molecule has 2 aliphatic rings. The first-order valence-corrected chi connectivity index (χ1v) is 12.2. The van der Waals surface area contributed by atoms with E-state index in [0.29, 0.717) is 29.5 Å². The van der Waals surface area contributed by atoms with Crippen LogP contribution in [0.25, 0.3) is 5.76 Å². The van der Waals surface area contributed by atoms with Gasteiger partial charge in [0.2, 0.25) is 0 Å². The van der Waals surface area contributed by atoms with Gasteiger partial charge in [0.1, 0.15) is 17.6 Å². The zero-order valence-electron chi connectivity index (χ0n) is 20.6. The number of methoxy groups -OCH3 is 1. The molecule has 37 heavy (non-hydrogen) atoms. The summed E-state index contributed by atoms with van der Waals surface area (Å²) >= 11 is 0. The molecular weight excluding hydrogens is 470 g/mol. The van der Waals surface area contributed by atoms with Crippen molar-refractivity contribution in [2.45, 2.75) is 31.9 Å². The third-order valence-electron chi connectivity index (χ3n) is 6.84. The smallest absolute Gasteiger partial charge is 0.337 e. The van der Waals surface area contributed by atoms with Gasteiger partial charge < -0.3 is 19.5 Å². The lowest BCUT2D eigenvalue weighted by Crippen LogP contribution is -2.31. The molecule has 0 unspecified atom stereocenters. The molecule has 7 nitrogen and oxygen atoms in total. The third-order valence-corrected chi connectivity index (χ3v) is 6.84. The molecule has 0 radical (unpaired) electrons. The zero-order chi connectivity index (χ0) is 26.1. The van der Waals surface area contributed by atoms with Crippen molar-refractivity contribution in [2.75, 3.05) is 13.7 Å². The molecule has 1 N–H and O–H groups in total. The number of ether oxygens (including phenoxy) is 2. The van der Waals surface area contributed by atoms with Gasteiger partial charge in [-0.25, -0.2) is 4.79 Å². The molecule has 3 aromatic rings. The van der Waals surface area contributed by atoms with Crippen LogP contribution >= 0.6 is 0 Å². The second-order valence-electron chi connectivity index (χ2n) is 9.30. The van der Waals surface area contributed by atoms with Crippen molar-refractivity contribution in [1.29, 1.82) is 0 Å². The number of ketones is 1. The molecule has 0 aliphatic carbocycles. The van der Waals surface area contributed by atoms with E-state index in [9.17, 15) is 19.5 Å². The Morgan fingerprint density at radius 3 is 2.43 bits per heavy atom. The minimum absolute atomic E-state index is 0.0239. The normalized spacial score (nSPS) is 20.0. The van der Waals surface area contributed by atoms with E-state index in [1.54, 1.807) is 36.4 Å². The van der Waals surface area contributed by atoms with Crippen LogP contribution in [0.5, 0.6) is 5.75 Å². The van der Waals surface area contributed by atoms with Crippen LogP contribution in [0, 0.1) is 0 Å². The highest BCUT2D eigenvalue weighted by atomic mass is 16.5. The van der Waals surface area contributed by atoms with Gasteiger partial charge in [0.15, 0.2) is 0 Å². The summed E-state index contributed by atoms with van der Waals surface area (Å²) in [4.78, 5) is 40.0. The first kappa shape index (κ1) is 24.3. The van der Waals surface area contributed by atoms with Crippen molar-refractivity contribution in [2.24, 2.45) is 0 Å². The second-order valence-corrected chi connectivity index (χ2v) is 9.30. The number of likely N-dealkylation sites (tertiary alicyclic amines) is 1.